The minimum Gasteiger partial charge on any atom is -0.496 e. The molecule has 0 spiro atoms. The summed E-state index contributed by atoms with van der Waals surface area (Å²) in [5.74, 6) is 1.14. The van der Waals surface area contributed by atoms with Crippen LogP contribution in [0, 0.1) is 11.8 Å². The summed E-state index contributed by atoms with van der Waals surface area (Å²) in [6, 6.07) is 6.27. The fourth-order valence-corrected chi connectivity index (χ4v) is 9.19. The predicted molar refractivity (Wildman–Crippen MR) is 192 cm³/mol. The van der Waals surface area contributed by atoms with Crippen LogP contribution in [-0.4, -0.2) is 50.6 Å². The Kier molecular flexibility index (Phi) is 10.9. The van der Waals surface area contributed by atoms with Gasteiger partial charge in [-0.3, -0.25) is 4.79 Å². The topological polar surface area (TPSA) is 54.0 Å². The van der Waals surface area contributed by atoms with Crippen LogP contribution in [0.2, 0.25) is 54.4 Å². The van der Waals surface area contributed by atoms with Crippen molar-refractivity contribution in [2.45, 2.75) is 148 Å². The second-order valence-electron chi connectivity index (χ2n) is 17.9. The van der Waals surface area contributed by atoms with Crippen LogP contribution >= 0.6 is 0 Å². The van der Waals surface area contributed by atoms with Crippen molar-refractivity contribution in [3.05, 3.63) is 41.0 Å². The lowest BCUT2D eigenvalue weighted by molar-refractivity contribution is -0.118. The van der Waals surface area contributed by atoms with E-state index >= 15 is 0 Å². The first-order valence-electron chi connectivity index (χ1n) is 16.7. The monoisotopic (exact) mass is 660 g/mol. The van der Waals surface area contributed by atoms with Gasteiger partial charge in [-0.2, -0.15) is 0 Å². The number of ether oxygens (including phenoxy) is 1. The van der Waals surface area contributed by atoms with Gasteiger partial charge in [0.15, 0.2) is 30.7 Å². The van der Waals surface area contributed by atoms with Gasteiger partial charge in [-0.1, -0.05) is 74.4 Å². The molecule has 2 aliphatic rings. The van der Waals surface area contributed by atoms with Gasteiger partial charge in [0.1, 0.15) is 5.75 Å². The molecule has 0 radical (unpaired) electrons. The molecule has 3 rings (SSSR count). The molecule has 5 nitrogen and oxygen atoms in total. The largest absolute Gasteiger partial charge is 0.496 e. The molecule has 4 atom stereocenters. The molecule has 0 aliphatic heterocycles. The van der Waals surface area contributed by atoms with Crippen LogP contribution in [0.5, 0.6) is 5.75 Å². The third-order valence-corrected chi connectivity index (χ3v) is 25.2. The summed E-state index contributed by atoms with van der Waals surface area (Å²) < 4.78 is 26.8. The highest BCUT2D eigenvalue weighted by atomic mass is 28.4. The van der Waals surface area contributed by atoms with E-state index in [1.165, 1.54) is 5.56 Å². The van der Waals surface area contributed by atoms with Gasteiger partial charge >= 0.3 is 0 Å². The highest BCUT2D eigenvalue weighted by Gasteiger charge is 2.49. The summed E-state index contributed by atoms with van der Waals surface area (Å²) in [7, 11) is -4.40. The first-order chi connectivity index (χ1) is 19.8. The van der Waals surface area contributed by atoms with Crippen molar-refractivity contribution in [3.8, 4) is 5.75 Å². The van der Waals surface area contributed by atoms with Crippen molar-refractivity contribution in [3.63, 3.8) is 0 Å². The molecule has 8 heteroatoms. The molecule has 0 N–H and O–H groups in total. The summed E-state index contributed by atoms with van der Waals surface area (Å²) in [6.07, 6.45) is 4.07. The van der Waals surface area contributed by atoms with Crippen LogP contribution in [0.1, 0.15) is 92.4 Å². The lowest BCUT2D eigenvalue weighted by atomic mass is 9.74. The summed E-state index contributed by atoms with van der Waals surface area (Å²) in [5.41, 5.74) is 3.51. The first-order valence-corrected chi connectivity index (χ1v) is 25.5. The van der Waals surface area contributed by atoms with Crippen LogP contribution in [0.25, 0.3) is 0 Å². The van der Waals surface area contributed by atoms with Crippen LogP contribution < -0.4 is 4.74 Å². The van der Waals surface area contributed by atoms with Gasteiger partial charge < -0.3 is 18.0 Å². The van der Waals surface area contributed by atoms with Crippen molar-refractivity contribution >= 4 is 30.7 Å². The maximum atomic E-state index is 13.9. The molecule has 44 heavy (non-hydrogen) atoms. The molecule has 1 aromatic carbocycles. The predicted octanol–water partition coefficient (Wildman–Crippen LogP) is 10.2. The van der Waals surface area contributed by atoms with E-state index < -0.39 is 25.0 Å². The molecule has 1 aromatic rings. The van der Waals surface area contributed by atoms with Crippen molar-refractivity contribution < 1.29 is 22.8 Å². The van der Waals surface area contributed by atoms with Gasteiger partial charge in [0.25, 0.3) is 0 Å². The number of ketones is 1. The van der Waals surface area contributed by atoms with E-state index in [9.17, 15) is 4.79 Å². The summed E-state index contributed by atoms with van der Waals surface area (Å²) in [5, 5.41) is 0.278. The number of rotatable bonds is 11. The molecule has 250 valence electrons. The van der Waals surface area contributed by atoms with E-state index in [0.29, 0.717) is 6.61 Å². The van der Waals surface area contributed by atoms with E-state index in [2.05, 4.69) is 114 Å². The van der Waals surface area contributed by atoms with Crippen molar-refractivity contribution in [2.75, 3.05) is 13.7 Å². The number of benzene rings is 1. The quantitative estimate of drug-likeness (QED) is 0.221. The average Bonchev–Trinajstić information content (AvgIpc) is 3.17. The maximum absolute atomic E-state index is 13.9. The summed E-state index contributed by atoms with van der Waals surface area (Å²) in [4.78, 5) is 13.9. The number of hydrogen-bond donors (Lipinski definition) is 0. The molecule has 0 bridgehead atoms. The molecule has 0 aromatic heterocycles. The maximum Gasteiger partial charge on any atom is 0.193 e. The summed E-state index contributed by atoms with van der Waals surface area (Å²) in [6.45, 7) is 35.0. The van der Waals surface area contributed by atoms with Crippen molar-refractivity contribution in [2.24, 2.45) is 11.8 Å². The van der Waals surface area contributed by atoms with Gasteiger partial charge in [-0.25, -0.2) is 0 Å². The fraction of sp³-hybridized carbons (Fsp3) is 0.750. The molecule has 2 aliphatic carbocycles. The molecular formula is C36H64O5Si3. The molecule has 0 saturated carbocycles. The Morgan fingerprint density at radius 3 is 1.93 bits per heavy atom. The number of hydrogen-bond acceptors (Lipinski definition) is 5. The lowest BCUT2D eigenvalue weighted by Crippen LogP contribution is -2.48. The fourth-order valence-electron chi connectivity index (χ4n) is 5.58. The lowest BCUT2D eigenvalue weighted by Gasteiger charge is -2.43. The van der Waals surface area contributed by atoms with E-state index in [1.807, 2.05) is 12.1 Å². The van der Waals surface area contributed by atoms with Crippen LogP contribution in [0.4, 0.5) is 0 Å². The zero-order valence-corrected chi connectivity index (χ0v) is 34.0. The van der Waals surface area contributed by atoms with Crippen molar-refractivity contribution in [1.29, 1.82) is 0 Å². The number of carbonyl (C=O) groups excluding carboxylic acids is 1. The zero-order chi connectivity index (χ0) is 33.7. The normalized spacial score (nSPS) is 22.4. The average molecular weight is 661 g/mol. The number of fused-ring (bicyclic) bond motifs is 2. The Labute approximate surface area is 273 Å². The Balaban J connectivity index is 1.93. The minimum absolute atomic E-state index is 0.0356. The van der Waals surface area contributed by atoms with Crippen LogP contribution in [0.3, 0.4) is 0 Å². The van der Waals surface area contributed by atoms with E-state index in [-0.39, 0.29) is 44.9 Å². The molecule has 0 saturated heterocycles. The first kappa shape index (κ1) is 37.4. The van der Waals surface area contributed by atoms with E-state index in [1.54, 1.807) is 7.11 Å². The Morgan fingerprint density at radius 1 is 0.841 bits per heavy atom. The van der Waals surface area contributed by atoms with E-state index in [0.717, 1.165) is 36.1 Å². The Hall–Kier alpha value is -1.04. The van der Waals surface area contributed by atoms with Crippen LogP contribution in [0.15, 0.2) is 29.8 Å². The van der Waals surface area contributed by atoms with Crippen molar-refractivity contribution in [1.82, 2.24) is 0 Å². The SMILES string of the molecule is COc1cccc2c1C[C@@H]1C(=CC(=O)C1CCC(CO[Si](C)(C)C(C)(C)C)O[Si](C)(C)C(C)(C)C)[C@H]2O[Si](C)(C)C(C)(C)C. The van der Waals surface area contributed by atoms with Gasteiger partial charge in [0.05, 0.1) is 25.9 Å². The molecule has 0 heterocycles. The van der Waals surface area contributed by atoms with Gasteiger partial charge in [-0.05, 0) is 103 Å². The zero-order valence-electron chi connectivity index (χ0n) is 31.0. The van der Waals surface area contributed by atoms with Gasteiger partial charge in [-0.15, -0.1) is 0 Å². The molecule has 2 unspecified atom stereocenters. The Morgan fingerprint density at radius 2 is 1.41 bits per heavy atom. The van der Waals surface area contributed by atoms with Crippen LogP contribution in [-0.2, 0) is 24.5 Å². The third kappa shape index (κ3) is 7.91. The Bertz CT molecular complexity index is 1210. The smallest absolute Gasteiger partial charge is 0.193 e. The molecular weight excluding hydrogens is 597 g/mol. The second kappa shape index (κ2) is 12.9. The minimum atomic E-state index is -2.14. The highest BCUT2D eigenvalue weighted by molar-refractivity contribution is 6.75. The van der Waals surface area contributed by atoms with Gasteiger partial charge in [0, 0.05) is 11.5 Å². The van der Waals surface area contributed by atoms with Gasteiger partial charge in [0.2, 0.25) is 0 Å². The molecule has 0 fully saturated rings. The second-order valence-corrected chi connectivity index (χ2v) is 32.2. The van der Waals surface area contributed by atoms with E-state index in [4.69, 9.17) is 18.0 Å². The number of allylic oxidation sites excluding steroid dienone is 1. The number of methoxy groups -OCH3 is 1. The highest BCUT2D eigenvalue weighted by Crippen LogP contribution is 2.53. The third-order valence-electron chi connectivity index (χ3n) is 11.7. The standard InChI is InChI=1S/C36H64O5Si3/c1-34(2,3)42(11,12)39-24-25(40-43(13,14)35(4,5)6)20-21-26-28-22-29-27(18-17-19-32(29)38-10)33(30(28)23-31(26)37)41-44(15,16)36(7,8)9/h17-19,23,25-26,28,33H,20-22,24H2,1-16H3/t25?,26?,28-,33-/m0/s1. The summed E-state index contributed by atoms with van der Waals surface area (Å²) >= 11 is 0. The molecule has 0 amide bonds. The number of carbonyl (C=O) groups is 1.